The van der Waals surface area contributed by atoms with Gasteiger partial charge in [0.1, 0.15) is 11.5 Å². The quantitative estimate of drug-likeness (QED) is 0.417. The van der Waals surface area contributed by atoms with Gasteiger partial charge in [-0.25, -0.2) is 9.78 Å². The molecule has 1 N–H and O–H groups in total. The van der Waals surface area contributed by atoms with Crippen molar-refractivity contribution in [2.75, 3.05) is 25.1 Å². The Hall–Kier alpha value is -4.34. The predicted molar refractivity (Wildman–Crippen MR) is 125 cm³/mol. The van der Waals surface area contributed by atoms with Crippen LogP contribution in [0, 0.1) is 20.8 Å². The summed E-state index contributed by atoms with van der Waals surface area (Å²) in [5, 5.41) is 7.06. The molecule has 0 bridgehead atoms. The second kappa shape index (κ2) is 9.13. The minimum absolute atomic E-state index is 0.196. The van der Waals surface area contributed by atoms with Gasteiger partial charge in [-0.05, 0) is 45.0 Å². The number of nitrogens with one attached hydrogen (secondary N) is 1. The number of fused-ring (bicyclic) bond motifs is 2. The molecule has 0 spiro atoms. The molecule has 0 fully saturated rings. The zero-order chi connectivity index (χ0) is 24.5. The molecule has 0 aliphatic carbocycles. The molecule has 1 amide bonds. The monoisotopic (exact) mass is 477 g/mol. The van der Waals surface area contributed by atoms with E-state index in [0.717, 1.165) is 12.0 Å². The molecule has 3 aromatic heterocycles. The van der Waals surface area contributed by atoms with Crippen LogP contribution in [0.15, 0.2) is 39.3 Å². The number of carbonyl (C=O) groups excluding carboxylic acids is 2. The van der Waals surface area contributed by atoms with Gasteiger partial charge < -0.3 is 28.5 Å². The van der Waals surface area contributed by atoms with Crippen LogP contribution in [0.5, 0.6) is 11.5 Å². The van der Waals surface area contributed by atoms with Crippen molar-refractivity contribution in [3.05, 3.63) is 53.1 Å². The summed E-state index contributed by atoms with van der Waals surface area (Å²) in [5.41, 5.74) is 2.59. The highest BCUT2D eigenvalue weighted by atomic mass is 16.5. The van der Waals surface area contributed by atoms with E-state index in [2.05, 4.69) is 15.5 Å². The Morgan fingerprint density at radius 1 is 1.06 bits per heavy atom. The average Bonchev–Trinajstić information content (AvgIpc) is 3.28. The Bertz CT molecular complexity index is 1440. The van der Waals surface area contributed by atoms with E-state index in [1.807, 2.05) is 19.9 Å². The minimum atomic E-state index is -0.698. The lowest BCUT2D eigenvalue weighted by Crippen LogP contribution is -2.21. The summed E-state index contributed by atoms with van der Waals surface area (Å²) >= 11 is 0. The number of rotatable bonds is 5. The second-order valence-electron chi connectivity index (χ2n) is 8.17. The summed E-state index contributed by atoms with van der Waals surface area (Å²) in [7, 11) is 0. The van der Waals surface area contributed by atoms with Crippen LogP contribution >= 0.6 is 0 Å². The SMILES string of the molecule is Cc1cc(-c2cc(C(=O)OCC(=O)Nc3ccc4c(c3)OCCCO4)c3c(C)noc3n2)c(C)o1. The van der Waals surface area contributed by atoms with Gasteiger partial charge in [0, 0.05) is 23.7 Å². The molecule has 10 nitrogen and oxygen atoms in total. The van der Waals surface area contributed by atoms with E-state index in [-0.39, 0.29) is 11.3 Å². The van der Waals surface area contributed by atoms with Crippen molar-refractivity contribution < 1.29 is 32.7 Å². The first kappa shape index (κ1) is 22.5. The number of furan rings is 1. The van der Waals surface area contributed by atoms with E-state index in [9.17, 15) is 9.59 Å². The first-order valence-corrected chi connectivity index (χ1v) is 11.1. The maximum Gasteiger partial charge on any atom is 0.339 e. The normalized spacial score (nSPS) is 12.9. The zero-order valence-corrected chi connectivity index (χ0v) is 19.5. The molecule has 1 aliphatic heterocycles. The lowest BCUT2D eigenvalue weighted by molar-refractivity contribution is -0.119. The van der Waals surface area contributed by atoms with Crippen LogP contribution in [0.4, 0.5) is 5.69 Å². The molecule has 4 aromatic rings. The molecule has 1 aliphatic rings. The van der Waals surface area contributed by atoms with E-state index in [1.54, 1.807) is 31.2 Å². The van der Waals surface area contributed by atoms with Crippen LogP contribution in [0.3, 0.4) is 0 Å². The number of hydrogen-bond donors (Lipinski definition) is 1. The van der Waals surface area contributed by atoms with Crippen LogP contribution < -0.4 is 14.8 Å². The van der Waals surface area contributed by atoms with Crippen molar-refractivity contribution in [1.29, 1.82) is 0 Å². The summed E-state index contributed by atoms with van der Waals surface area (Å²) in [4.78, 5) is 30.0. The van der Waals surface area contributed by atoms with E-state index in [1.165, 1.54) is 0 Å². The van der Waals surface area contributed by atoms with E-state index < -0.39 is 18.5 Å². The lowest BCUT2D eigenvalue weighted by atomic mass is 10.1. The van der Waals surface area contributed by atoms with Crippen molar-refractivity contribution in [2.45, 2.75) is 27.2 Å². The molecular formula is C25H23N3O7. The van der Waals surface area contributed by atoms with Crippen LogP contribution in [-0.4, -0.2) is 41.8 Å². The fourth-order valence-electron chi connectivity index (χ4n) is 3.93. The first-order chi connectivity index (χ1) is 16.9. The first-order valence-electron chi connectivity index (χ1n) is 11.1. The Morgan fingerprint density at radius 2 is 1.86 bits per heavy atom. The van der Waals surface area contributed by atoms with Crippen LogP contribution in [-0.2, 0) is 9.53 Å². The third-order valence-electron chi connectivity index (χ3n) is 5.52. The fourth-order valence-corrected chi connectivity index (χ4v) is 3.93. The smallest absolute Gasteiger partial charge is 0.339 e. The molecule has 0 unspecified atom stereocenters. The number of amides is 1. The van der Waals surface area contributed by atoms with Gasteiger partial charge in [-0.3, -0.25) is 4.79 Å². The fraction of sp³-hybridized carbons (Fsp3) is 0.280. The minimum Gasteiger partial charge on any atom is -0.490 e. The molecule has 0 saturated carbocycles. The second-order valence-corrected chi connectivity index (χ2v) is 8.17. The van der Waals surface area contributed by atoms with Crippen molar-refractivity contribution >= 4 is 28.7 Å². The Balaban J connectivity index is 1.33. The molecule has 10 heteroatoms. The number of anilines is 1. The number of aromatic nitrogens is 2. The van der Waals surface area contributed by atoms with Gasteiger partial charge in [-0.2, -0.15) is 0 Å². The maximum atomic E-state index is 13.0. The largest absolute Gasteiger partial charge is 0.490 e. The number of benzene rings is 1. The number of esters is 1. The number of hydrogen-bond acceptors (Lipinski definition) is 9. The molecule has 4 heterocycles. The molecule has 180 valence electrons. The summed E-state index contributed by atoms with van der Waals surface area (Å²) in [6.45, 7) is 5.95. The van der Waals surface area contributed by atoms with Crippen LogP contribution in [0.2, 0.25) is 0 Å². The maximum absolute atomic E-state index is 13.0. The Labute approximate surface area is 200 Å². The standard InChI is InChI=1S/C25H23N3O7/c1-13-9-17(15(3)34-13)19-11-18(23-14(2)28-35-24(23)27-19)25(30)33-12-22(29)26-16-5-6-20-21(10-16)32-8-4-7-31-20/h5-6,9-11H,4,7-8,12H2,1-3H3,(H,26,29). The van der Waals surface area contributed by atoms with Crippen molar-refractivity contribution in [3.63, 3.8) is 0 Å². The molecule has 0 radical (unpaired) electrons. The van der Waals surface area contributed by atoms with Gasteiger partial charge in [-0.15, -0.1) is 0 Å². The van der Waals surface area contributed by atoms with Gasteiger partial charge in [0.25, 0.3) is 11.6 Å². The predicted octanol–water partition coefficient (Wildman–Crippen LogP) is 4.36. The average molecular weight is 477 g/mol. The van der Waals surface area contributed by atoms with E-state index >= 15 is 0 Å². The highest BCUT2D eigenvalue weighted by molar-refractivity contribution is 6.05. The Morgan fingerprint density at radius 3 is 2.63 bits per heavy atom. The summed E-state index contributed by atoms with van der Waals surface area (Å²) in [6.07, 6.45) is 0.780. The van der Waals surface area contributed by atoms with Crippen LogP contribution in [0.1, 0.15) is 34.0 Å². The number of ether oxygens (including phenoxy) is 3. The van der Waals surface area contributed by atoms with Gasteiger partial charge in [-0.1, -0.05) is 5.16 Å². The molecule has 1 aromatic carbocycles. The van der Waals surface area contributed by atoms with Crippen molar-refractivity contribution in [2.24, 2.45) is 0 Å². The lowest BCUT2D eigenvalue weighted by Gasteiger charge is -2.11. The van der Waals surface area contributed by atoms with Gasteiger partial charge >= 0.3 is 5.97 Å². The zero-order valence-electron chi connectivity index (χ0n) is 19.5. The number of pyridine rings is 1. The molecular weight excluding hydrogens is 454 g/mol. The highest BCUT2D eigenvalue weighted by Gasteiger charge is 2.23. The number of nitrogens with zero attached hydrogens (tertiary/aromatic N) is 2. The summed E-state index contributed by atoms with van der Waals surface area (Å²) < 4.78 is 27.5. The molecule has 0 saturated heterocycles. The number of carbonyl (C=O) groups is 2. The van der Waals surface area contributed by atoms with E-state index in [0.29, 0.717) is 58.7 Å². The molecule has 0 atom stereocenters. The number of aryl methyl sites for hydroxylation is 3. The molecule has 35 heavy (non-hydrogen) atoms. The third kappa shape index (κ3) is 4.54. The topological polar surface area (TPSA) is 126 Å². The van der Waals surface area contributed by atoms with Gasteiger partial charge in [0.05, 0.1) is 35.6 Å². The van der Waals surface area contributed by atoms with Crippen molar-refractivity contribution in [1.82, 2.24) is 10.1 Å². The highest BCUT2D eigenvalue weighted by Crippen LogP contribution is 2.33. The van der Waals surface area contributed by atoms with Gasteiger partial charge in [0.15, 0.2) is 18.1 Å². The Kier molecular flexibility index (Phi) is 5.86. The van der Waals surface area contributed by atoms with Crippen molar-refractivity contribution in [3.8, 4) is 22.8 Å². The van der Waals surface area contributed by atoms with Crippen LogP contribution in [0.25, 0.3) is 22.4 Å². The summed E-state index contributed by atoms with van der Waals surface area (Å²) in [6, 6.07) is 8.51. The molecule has 5 rings (SSSR count). The third-order valence-corrected chi connectivity index (χ3v) is 5.52. The van der Waals surface area contributed by atoms with E-state index in [4.69, 9.17) is 23.2 Å². The summed E-state index contributed by atoms with van der Waals surface area (Å²) in [5.74, 6) is 1.34. The van der Waals surface area contributed by atoms with Gasteiger partial charge in [0.2, 0.25) is 0 Å².